The minimum absolute atomic E-state index is 0.0116. The maximum absolute atomic E-state index is 11.8. The largest absolute Gasteiger partial charge is 0.392 e. The predicted octanol–water partition coefficient (Wildman–Crippen LogP) is -1.20. The number of halogens is 2. The number of aliphatic hydroxyl groups excluding tert-OH is 3. The van der Waals surface area contributed by atoms with E-state index >= 15 is 0 Å². The second kappa shape index (κ2) is 5.25. The molecule has 1 aliphatic rings. The molecule has 4 unspecified atom stereocenters. The summed E-state index contributed by atoms with van der Waals surface area (Å²) in [5.41, 5.74) is 5.02. The summed E-state index contributed by atoms with van der Waals surface area (Å²) in [4.78, 5) is 22.1. The van der Waals surface area contributed by atoms with Gasteiger partial charge in [-0.15, -0.1) is 0 Å². The van der Waals surface area contributed by atoms with Gasteiger partial charge in [0, 0.05) is 0 Å². The molecule has 2 aromatic rings. The Morgan fingerprint density at radius 2 is 2.14 bits per heavy atom. The van der Waals surface area contributed by atoms with Crippen molar-refractivity contribution in [3.05, 3.63) is 15.1 Å². The van der Waals surface area contributed by atoms with Crippen LogP contribution in [0.15, 0.2) is 9.53 Å². The molecule has 0 saturated carbocycles. The highest BCUT2D eigenvalue weighted by atomic mass is 79.9. The Labute approximate surface area is 139 Å². The molecule has 0 radical (unpaired) electrons. The zero-order valence-electron chi connectivity index (χ0n) is 10.8. The molecular weight excluding hydrogens is 430 g/mol. The van der Waals surface area contributed by atoms with Crippen molar-refractivity contribution in [1.82, 2.24) is 19.5 Å². The predicted molar refractivity (Wildman–Crippen MR) is 81.1 cm³/mol. The Hall–Kier alpha value is -1.05. The minimum Gasteiger partial charge on any atom is -0.392 e. The average molecular weight is 441 g/mol. The van der Waals surface area contributed by atoms with Gasteiger partial charge in [0.05, 0.1) is 6.61 Å². The molecule has 22 heavy (non-hydrogen) atoms. The van der Waals surface area contributed by atoms with Crippen LogP contribution in [0.4, 0.5) is 5.95 Å². The number of H-pyrrole nitrogens is 1. The number of hydrogen-bond donors (Lipinski definition) is 5. The van der Waals surface area contributed by atoms with Crippen LogP contribution in [0.2, 0.25) is 0 Å². The van der Waals surface area contributed by atoms with Crippen molar-refractivity contribution in [2.24, 2.45) is 0 Å². The number of nitrogens with zero attached hydrogens (tertiary/aromatic N) is 3. The lowest BCUT2D eigenvalue weighted by Gasteiger charge is -2.22. The highest BCUT2D eigenvalue weighted by Crippen LogP contribution is 2.42. The average Bonchev–Trinajstić information content (AvgIpc) is 2.89. The van der Waals surface area contributed by atoms with Crippen molar-refractivity contribution >= 4 is 49.0 Å². The highest BCUT2D eigenvalue weighted by molar-refractivity contribution is 9.10. The number of aliphatic hydroxyl groups is 3. The SMILES string of the molecule is Nc1nc2c(nc(Br)n2C2OC(Br)(CO)C(O)C2O)c(=O)[nH]1. The van der Waals surface area contributed by atoms with Crippen molar-refractivity contribution in [2.75, 3.05) is 12.3 Å². The molecule has 0 bridgehead atoms. The van der Waals surface area contributed by atoms with E-state index in [9.17, 15) is 20.1 Å². The van der Waals surface area contributed by atoms with Crippen molar-refractivity contribution in [3.8, 4) is 0 Å². The molecule has 3 heterocycles. The summed E-state index contributed by atoms with van der Waals surface area (Å²) >= 11 is 6.20. The maximum Gasteiger partial charge on any atom is 0.280 e. The standard InChI is InChI=1S/C10H11Br2N5O5/c11-8-14-2-5(15-9(13)16-6(2)21)17(8)7-3(19)4(20)10(12,1-18)22-7/h3-4,7,18-20H,1H2,(H3,13,15,16,21). The molecule has 1 fully saturated rings. The third-order valence-electron chi connectivity index (χ3n) is 3.37. The lowest BCUT2D eigenvalue weighted by Crippen LogP contribution is -2.40. The van der Waals surface area contributed by atoms with Crippen LogP contribution >= 0.6 is 31.9 Å². The molecule has 6 N–H and O–H groups in total. The number of aromatic nitrogens is 4. The zero-order valence-corrected chi connectivity index (χ0v) is 13.9. The van der Waals surface area contributed by atoms with E-state index < -0.39 is 35.1 Å². The number of alkyl halides is 1. The smallest absolute Gasteiger partial charge is 0.280 e. The molecule has 0 aromatic carbocycles. The first kappa shape index (κ1) is 15.8. The third-order valence-corrected chi connectivity index (χ3v) is 4.84. The molecule has 1 aliphatic heterocycles. The van der Waals surface area contributed by atoms with Gasteiger partial charge >= 0.3 is 0 Å². The van der Waals surface area contributed by atoms with Gasteiger partial charge in [0.15, 0.2) is 26.6 Å². The molecular formula is C10H11Br2N5O5. The molecule has 2 aromatic heterocycles. The minimum atomic E-state index is -1.54. The van der Waals surface area contributed by atoms with E-state index in [4.69, 9.17) is 10.5 Å². The van der Waals surface area contributed by atoms with Gasteiger partial charge in [-0.2, -0.15) is 4.98 Å². The number of anilines is 1. The van der Waals surface area contributed by atoms with Crippen LogP contribution in [0.5, 0.6) is 0 Å². The van der Waals surface area contributed by atoms with E-state index in [1.807, 2.05) is 0 Å². The van der Waals surface area contributed by atoms with Crippen molar-refractivity contribution < 1.29 is 20.1 Å². The quantitative estimate of drug-likeness (QED) is 0.287. The summed E-state index contributed by atoms with van der Waals surface area (Å²) in [6.45, 7) is -0.581. The van der Waals surface area contributed by atoms with Crippen LogP contribution in [0.3, 0.4) is 0 Å². The fourth-order valence-electron chi connectivity index (χ4n) is 2.29. The van der Waals surface area contributed by atoms with E-state index in [-0.39, 0.29) is 21.8 Å². The Morgan fingerprint density at radius 3 is 2.73 bits per heavy atom. The number of nitrogens with two attached hydrogens (primary N) is 1. The number of rotatable bonds is 2. The van der Waals surface area contributed by atoms with Crippen LogP contribution in [0.1, 0.15) is 6.23 Å². The molecule has 1 saturated heterocycles. The first-order valence-electron chi connectivity index (χ1n) is 6.05. The van der Waals surface area contributed by atoms with Crippen LogP contribution in [0, 0.1) is 0 Å². The summed E-state index contributed by atoms with van der Waals surface area (Å²) in [6, 6.07) is 0. The van der Waals surface area contributed by atoms with E-state index in [1.54, 1.807) is 0 Å². The number of nitrogen functional groups attached to an aromatic ring is 1. The summed E-state index contributed by atoms with van der Waals surface area (Å²) in [7, 11) is 0. The second-order valence-corrected chi connectivity index (χ2v) is 6.81. The summed E-state index contributed by atoms with van der Waals surface area (Å²) in [6.07, 6.45) is -3.96. The van der Waals surface area contributed by atoms with Gasteiger partial charge < -0.3 is 25.8 Å². The zero-order chi connectivity index (χ0) is 16.2. The summed E-state index contributed by atoms with van der Waals surface area (Å²) < 4.78 is 5.38. The van der Waals surface area contributed by atoms with Crippen LogP contribution in [0.25, 0.3) is 11.2 Å². The van der Waals surface area contributed by atoms with E-state index in [1.165, 1.54) is 4.57 Å². The van der Waals surface area contributed by atoms with Crippen LogP contribution < -0.4 is 11.3 Å². The first-order valence-corrected chi connectivity index (χ1v) is 7.64. The normalized spacial score (nSPS) is 32.0. The lowest BCUT2D eigenvalue weighted by molar-refractivity contribution is -0.0674. The molecule has 12 heteroatoms. The van der Waals surface area contributed by atoms with Gasteiger partial charge in [-0.1, -0.05) is 0 Å². The number of imidazole rings is 1. The van der Waals surface area contributed by atoms with Crippen LogP contribution in [-0.4, -0.2) is 58.2 Å². The number of ether oxygens (including phenoxy) is 1. The number of fused-ring (bicyclic) bond motifs is 1. The molecule has 0 aliphatic carbocycles. The Kier molecular flexibility index (Phi) is 3.78. The van der Waals surface area contributed by atoms with E-state index in [0.717, 1.165) is 0 Å². The second-order valence-electron chi connectivity index (χ2n) is 4.76. The van der Waals surface area contributed by atoms with Gasteiger partial charge in [0.25, 0.3) is 5.56 Å². The third kappa shape index (κ3) is 2.18. The molecule has 0 spiro atoms. The van der Waals surface area contributed by atoms with Crippen molar-refractivity contribution in [2.45, 2.75) is 22.9 Å². The Balaban J connectivity index is 2.19. The Morgan fingerprint density at radius 1 is 1.45 bits per heavy atom. The molecule has 120 valence electrons. The van der Waals surface area contributed by atoms with Crippen molar-refractivity contribution in [3.63, 3.8) is 0 Å². The number of aromatic amines is 1. The lowest BCUT2D eigenvalue weighted by atomic mass is 10.1. The maximum atomic E-state index is 11.8. The van der Waals surface area contributed by atoms with E-state index in [2.05, 4.69) is 46.8 Å². The molecule has 3 rings (SSSR count). The first-order chi connectivity index (χ1) is 10.3. The molecule has 0 amide bonds. The number of nitrogens with one attached hydrogen (secondary N) is 1. The monoisotopic (exact) mass is 439 g/mol. The summed E-state index contributed by atoms with van der Waals surface area (Å²) in [5, 5.41) is 29.5. The van der Waals surface area contributed by atoms with Gasteiger partial charge in [0.2, 0.25) is 5.95 Å². The van der Waals surface area contributed by atoms with Gasteiger partial charge in [-0.25, -0.2) is 4.98 Å². The number of hydrogen-bond acceptors (Lipinski definition) is 8. The van der Waals surface area contributed by atoms with Gasteiger partial charge in [-0.3, -0.25) is 14.3 Å². The van der Waals surface area contributed by atoms with Crippen LogP contribution in [-0.2, 0) is 4.74 Å². The molecule has 4 atom stereocenters. The summed E-state index contributed by atoms with van der Waals surface area (Å²) in [5.74, 6) is -0.133. The highest BCUT2D eigenvalue weighted by Gasteiger charge is 2.54. The van der Waals surface area contributed by atoms with Gasteiger partial charge in [0.1, 0.15) is 12.2 Å². The topological polar surface area (TPSA) is 160 Å². The fraction of sp³-hybridized carbons (Fsp3) is 0.500. The fourth-order valence-corrected chi connectivity index (χ4v) is 3.30. The Bertz CT molecular complexity index is 794. The van der Waals surface area contributed by atoms with E-state index in [0.29, 0.717) is 0 Å². The molecule has 10 nitrogen and oxygen atoms in total. The van der Waals surface area contributed by atoms with Gasteiger partial charge in [-0.05, 0) is 31.9 Å². The van der Waals surface area contributed by atoms with Crippen molar-refractivity contribution in [1.29, 1.82) is 0 Å².